The summed E-state index contributed by atoms with van der Waals surface area (Å²) < 4.78 is 29.1. The summed E-state index contributed by atoms with van der Waals surface area (Å²) >= 11 is 1.53. The van der Waals surface area contributed by atoms with Crippen molar-refractivity contribution >= 4 is 32.5 Å². The maximum absolute atomic E-state index is 12.0. The summed E-state index contributed by atoms with van der Waals surface area (Å²) in [5, 5.41) is 15.2. The molecule has 0 radical (unpaired) electrons. The SMILES string of the molecule is COc1ccc(-c2nc(C)c(C(C)Nc3ccc([N+](=O)[O-])c(S(C)(=O)=O)c3)s2)cc1. The molecule has 0 saturated carbocycles. The highest BCUT2D eigenvalue weighted by molar-refractivity contribution is 7.90. The maximum atomic E-state index is 12.0. The van der Waals surface area contributed by atoms with E-state index in [0.29, 0.717) is 5.69 Å². The van der Waals surface area contributed by atoms with Crippen LogP contribution in [0.2, 0.25) is 0 Å². The zero-order valence-corrected chi connectivity index (χ0v) is 18.5. The number of ether oxygens (including phenoxy) is 1. The third-order valence-corrected chi connectivity index (χ3v) is 7.02. The van der Waals surface area contributed by atoms with Crippen molar-refractivity contribution in [1.82, 2.24) is 4.98 Å². The summed E-state index contributed by atoms with van der Waals surface area (Å²) in [6, 6.07) is 11.4. The normalized spacial score (nSPS) is 12.4. The van der Waals surface area contributed by atoms with Gasteiger partial charge in [-0.25, -0.2) is 13.4 Å². The number of hydrogen-bond acceptors (Lipinski definition) is 8. The lowest BCUT2D eigenvalue weighted by atomic mass is 10.2. The number of sulfone groups is 1. The first-order chi connectivity index (χ1) is 14.1. The van der Waals surface area contributed by atoms with Crippen LogP contribution in [0, 0.1) is 17.0 Å². The fourth-order valence-corrected chi connectivity index (χ4v) is 4.97. The quantitative estimate of drug-likeness (QED) is 0.416. The molecule has 0 aliphatic carbocycles. The van der Waals surface area contributed by atoms with Crippen molar-refractivity contribution < 1.29 is 18.1 Å². The zero-order chi connectivity index (χ0) is 22.1. The Kier molecular flexibility index (Phi) is 6.09. The van der Waals surface area contributed by atoms with Gasteiger partial charge in [-0.15, -0.1) is 11.3 Å². The van der Waals surface area contributed by atoms with Crippen molar-refractivity contribution in [2.75, 3.05) is 18.7 Å². The van der Waals surface area contributed by atoms with Gasteiger partial charge in [0.05, 0.1) is 23.8 Å². The molecule has 1 atom stereocenters. The van der Waals surface area contributed by atoms with E-state index in [1.54, 1.807) is 7.11 Å². The third-order valence-electron chi connectivity index (χ3n) is 4.50. The van der Waals surface area contributed by atoms with Gasteiger partial charge in [-0.3, -0.25) is 10.1 Å². The molecule has 0 saturated heterocycles. The fraction of sp³-hybridized carbons (Fsp3) is 0.250. The lowest BCUT2D eigenvalue weighted by molar-refractivity contribution is -0.387. The summed E-state index contributed by atoms with van der Waals surface area (Å²) in [6.07, 6.45) is 0.955. The van der Waals surface area contributed by atoms with Crippen LogP contribution < -0.4 is 10.1 Å². The van der Waals surface area contributed by atoms with Crippen molar-refractivity contribution in [2.45, 2.75) is 24.8 Å². The Morgan fingerprint density at radius 2 is 1.87 bits per heavy atom. The summed E-state index contributed by atoms with van der Waals surface area (Å²) in [7, 11) is -2.14. The molecule has 0 amide bonds. The van der Waals surface area contributed by atoms with E-state index >= 15 is 0 Å². The molecule has 1 unspecified atom stereocenters. The van der Waals surface area contributed by atoms with Crippen molar-refractivity contribution in [2.24, 2.45) is 0 Å². The molecule has 0 aliphatic heterocycles. The van der Waals surface area contributed by atoms with Gasteiger partial charge in [0.25, 0.3) is 5.69 Å². The second-order valence-corrected chi connectivity index (χ2v) is 9.79. The second-order valence-electron chi connectivity index (χ2n) is 6.77. The molecule has 2 aromatic carbocycles. The van der Waals surface area contributed by atoms with Gasteiger partial charge >= 0.3 is 0 Å². The van der Waals surface area contributed by atoms with E-state index in [1.165, 1.54) is 29.5 Å². The van der Waals surface area contributed by atoms with Gasteiger partial charge in [0.1, 0.15) is 15.7 Å². The Morgan fingerprint density at radius 3 is 2.43 bits per heavy atom. The Morgan fingerprint density at radius 1 is 1.20 bits per heavy atom. The van der Waals surface area contributed by atoms with Gasteiger partial charge in [-0.2, -0.15) is 0 Å². The molecule has 1 heterocycles. The van der Waals surface area contributed by atoms with Crippen LogP contribution in [0.4, 0.5) is 11.4 Å². The number of aryl methyl sites for hydroxylation is 1. The average Bonchev–Trinajstić information content (AvgIpc) is 3.09. The number of nitro groups is 1. The van der Waals surface area contributed by atoms with Crippen LogP contribution in [0.5, 0.6) is 5.75 Å². The van der Waals surface area contributed by atoms with Crippen LogP contribution in [-0.2, 0) is 9.84 Å². The lowest BCUT2D eigenvalue weighted by Gasteiger charge is -2.15. The van der Waals surface area contributed by atoms with Gasteiger partial charge < -0.3 is 10.1 Å². The van der Waals surface area contributed by atoms with E-state index in [1.807, 2.05) is 38.1 Å². The Hall–Kier alpha value is -2.98. The number of methoxy groups -OCH3 is 1. The van der Waals surface area contributed by atoms with Gasteiger partial charge in [-0.05, 0) is 50.2 Å². The molecule has 10 heteroatoms. The molecule has 158 valence electrons. The topological polar surface area (TPSA) is 111 Å². The monoisotopic (exact) mass is 447 g/mol. The highest BCUT2D eigenvalue weighted by Crippen LogP contribution is 2.35. The van der Waals surface area contributed by atoms with E-state index in [-0.39, 0.29) is 10.9 Å². The molecular formula is C20H21N3O5S2. The molecule has 0 fully saturated rings. The highest BCUT2D eigenvalue weighted by Gasteiger charge is 2.23. The molecule has 30 heavy (non-hydrogen) atoms. The summed E-state index contributed by atoms with van der Waals surface area (Å²) in [5.74, 6) is 0.766. The van der Waals surface area contributed by atoms with E-state index in [4.69, 9.17) is 4.74 Å². The minimum atomic E-state index is -3.75. The fourth-order valence-electron chi connectivity index (χ4n) is 3.03. The van der Waals surface area contributed by atoms with E-state index in [9.17, 15) is 18.5 Å². The Labute approximate surface area is 178 Å². The van der Waals surface area contributed by atoms with E-state index in [0.717, 1.165) is 33.1 Å². The first-order valence-corrected chi connectivity index (χ1v) is 11.7. The molecule has 0 aliphatic rings. The highest BCUT2D eigenvalue weighted by atomic mass is 32.2. The molecule has 3 aromatic rings. The molecule has 0 bridgehead atoms. The maximum Gasteiger partial charge on any atom is 0.288 e. The molecule has 8 nitrogen and oxygen atoms in total. The van der Waals surface area contributed by atoms with Crippen LogP contribution in [0.3, 0.4) is 0 Å². The number of thiazole rings is 1. The summed E-state index contributed by atoms with van der Waals surface area (Å²) in [5.41, 5.74) is 1.87. The Bertz CT molecular complexity index is 1190. The zero-order valence-electron chi connectivity index (χ0n) is 16.9. The van der Waals surface area contributed by atoms with Gasteiger partial charge in [0, 0.05) is 28.5 Å². The molecule has 0 spiro atoms. The lowest BCUT2D eigenvalue weighted by Crippen LogP contribution is -2.08. The molecule has 1 aromatic heterocycles. The Balaban J connectivity index is 1.88. The molecule has 3 rings (SSSR count). The van der Waals surface area contributed by atoms with Crippen LogP contribution in [0.1, 0.15) is 23.5 Å². The van der Waals surface area contributed by atoms with Crippen LogP contribution in [-0.4, -0.2) is 31.7 Å². The minimum Gasteiger partial charge on any atom is -0.497 e. The number of hydrogen-bond donors (Lipinski definition) is 1. The predicted molar refractivity (Wildman–Crippen MR) is 117 cm³/mol. The summed E-state index contributed by atoms with van der Waals surface area (Å²) in [4.78, 5) is 15.8. The first kappa shape index (κ1) is 21.7. The van der Waals surface area contributed by atoms with Crippen molar-refractivity contribution in [3.63, 3.8) is 0 Å². The van der Waals surface area contributed by atoms with Gasteiger partial charge in [0.15, 0.2) is 9.84 Å². The molecular weight excluding hydrogens is 426 g/mol. The number of benzene rings is 2. The van der Waals surface area contributed by atoms with Gasteiger partial charge in [-0.1, -0.05) is 0 Å². The standard InChI is InChI=1S/C20H21N3O5S2/c1-12(21-15-7-10-17(23(24)25)18(11-15)30(4,26)27)19-13(2)22-20(29-19)14-5-8-16(28-3)9-6-14/h5-12,21H,1-4H3. The predicted octanol–water partition coefficient (Wildman–Crippen LogP) is 4.61. The number of rotatable bonds is 7. The van der Waals surface area contributed by atoms with Crippen molar-refractivity contribution in [3.8, 4) is 16.3 Å². The van der Waals surface area contributed by atoms with Crippen LogP contribution in [0.15, 0.2) is 47.4 Å². The first-order valence-electron chi connectivity index (χ1n) is 8.97. The third kappa shape index (κ3) is 4.60. The number of aromatic nitrogens is 1. The second kappa shape index (κ2) is 8.41. The van der Waals surface area contributed by atoms with E-state index < -0.39 is 20.4 Å². The molecule has 1 N–H and O–H groups in total. The van der Waals surface area contributed by atoms with Crippen LogP contribution >= 0.6 is 11.3 Å². The number of nitrogens with one attached hydrogen (secondary N) is 1. The van der Waals surface area contributed by atoms with Crippen molar-refractivity contribution in [1.29, 1.82) is 0 Å². The van der Waals surface area contributed by atoms with Crippen molar-refractivity contribution in [3.05, 3.63) is 63.1 Å². The summed E-state index contributed by atoms with van der Waals surface area (Å²) in [6.45, 7) is 3.84. The smallest absolute Gasteiger partial charge is 0.288 e. The number of nitro benzene ring substituents is 1. The van der Waals surface area contributed by atoms with Crippen LogP contribution in [0.25, 0.3) is 10.6 Å². The average molecular weight is 448 g/mol. The van der Waals surface area contributed by atoms with E-state index in [2.05, 4.69) is 10.3 Å². The number of anilines is 1. The minimum absolute atomic E-state index is 0.177. The largest absolute Gasteiger partial charge is 0.497 e. The van der Waals surface area contributed by atoms with Gasteiger partial charge in [0.2, 0.25) is 0 Å². The number of nitrogens with zero attached hydrogens (tertiary/aromatic N) is 2.